The highest BCUT2D eigenvalue weighted by Gasteiger charge is 2.14. The van der Waals surface area contributed by atoms with Gasteiger partial charge in [0, 0.05) is 11.1 Å². The average molecular weight is 499 g/mol. The van der Waals surface area contributed by atoms with E-state index in [9.17, 15) is 14.4 Å². The molecule has 0 aliphatic carbocycles. The SMILES string of the molecule is Cc1cc(-c2ccccc2)ccc1C(=O)c1ccccc1.O=C(OC(=O)c1ccccc1)c1ccccc1. The first-order chi connectivity index (χ1) is 18.5. The van der Waals surface area contributed by atoms with Gasteiger partial charge in [0.25, 0.3) is 0 Å². The zero-order valence-corrected chi connectivity index (χ0v) is 20.9. The third-order valence-corrected chi connectivity index (χ3v) is 5.82. The molecule has 0 aromatic heterocycles. The lowest BCUT2D eigenvalue weighted by atomic mass is 9.95. The Balaban J connectivity index is 0.000000181. The van der Waals surface area contributed by atoms with Crippen LogP contribution in [-0.2, 0) is 4.74 Å². The molecule has 0 saturated carbocycles. The van der Waals surface area contributed by atoms with E-state index >= 15 is 0 Å². The molecule has 5 aromatic rings. The van der Waals surface area contributed by atoms with E-state index in [0.717, 1.165) is 22.3 Å². The van der Waals surface area contributed by atoms with E-state index < -0.39 is 11.9 Å². The fourth-order valence-corrected chi connectivity index (χ4v) is 3.82. The van der Waals surface area contributed by atoms with Crippen LogP contribution in [0.2, 0.25) is 0 Å². The molecule has 0 spiro atoms. The molecular formula is C34H26O4. The largest absolute Gasteiger partial charge is 0.386 e. The fourth-order valence-electron chi connectivity index (χ4n) is 3.82. The summed E-state index contributed by atoms with van der Waals surface area (Å²) < 4.78 is 4.74. The van der Waals surface area contributed by atoms with Gasteiger partial charge in [0.2, 0.25) is 0 Å². The van der Waals surface area contributed by atoms with Crippen molar-refractivity contribution >= 4 is 17.7 Å². The normalized spacial score (nSPS) is 10.0. The maximum Gasteiger partial charge on any atom is 0.346 e. The van der Waals surface area contributed by atoms with Crippen LogP contribution in [0.25, 0.3) is 11.1 Å². The number of ether oxygens (including phenoxy) is 1. The van der Waals surface area contributed by atoms with Gasteiger partial charge in [0.05, 0.1) is 11.1 Å². The fraction of sp³-hybridized carbons (Fsp3) is 0.0294. The molecule has 0 N–H and O–H groups in total. The Labute approximate surface area is 222 Å². The molecule has 0 atom stereocenters. The molecule has 0 aliphatic rings. The summed E-state index contributed by atoms with van der Waals surface area (Å²) in [6.45, 7) is 1.99. The highest BCUT2D eigenvalue weighted by atomic mass is 16.6. The number of aryl methyl sites for hydroxylation is 1. The number of rotatable bonds is 5. The molecule has 0 amide bonds. The number of ketones is 1. The molecule has 0 aliphatic heterocycles. The molecule has 0 unspecified atom stereocenters. The number of carbonyl (C=O) groups is 3. The van der Waals surface area contributed by atoms with Gasteiger partial charge < -0.3 is 4.74 Å². The summed E-state index contributed by atoms with van der Waals surface area (Å²) in [7, 11) is 0. The van der Waals surface area contributed by atoms with Gasteiger partial charge in [-0.2, -0.15) is 0 Å². The summed E-state index contributed by atoms with van der Waals surface area (Å²) in [5.74, 6) is -1.20. The number of hydrogen-bond donors (Lipinski definition) is 0. The first kappa shape index (κ1) is 26.0. The van der Waals surface area contributed by atoms with Gasteiger partial charge >= 0.3 is 11.9 Å². The topological polar surface area (TPSA) is 60.4 Å². The maximum atomic E-state index is 12.5. The Hall–Kier alpha value is -5.09. The number of carbonyl (C=O) groups excluding carboxylic acids is 3. The van der Waals surface area contributed by atoms with Crippen LogP contribution in [0.5, 0.6) is 0 Å². The Morgan fingerprint density at radius 3 is 1.34 bits per heavy atom. The molecule has 0 heterocycles. The minimum Gasteiger partial charge on any atom is -0.386 e. The highest BCUT2D eigenvalue weighted by molar-refractivity contribution is 6.10. The standard InChI is InChI=1S/C20H16O.C14H10O3/c1-15-14-18(16-8-4-2-5-9-16)12-13-19(15)20(21)17-10-6-3-7-11-17;15-13(11-7-3-1-4-8-11)17-14(16)12-9-5-2-6-10-12/h2-14H,1H3;1-10H. The van der Waals surface area contributed by atoms with E-state index in [0.29, 0.717) is 11.1 Å². The predicted octanol–water partition coefficient (Wildman–Crippen LogP) is 7.58. The van der Waals surface area contributed by atoms with Crippen LogP contribution < -0.4 is 0 Å². The van der Waals surface area contributed by atoms with Crippen molar-refractivity contribution in [2.45, 2.75) is 6.92 Å². The van der Waals surface area contributed by atoms with E-state index in [1.165, 1.54) is 5.56 Å². The van der Waals surface area contributed by atoms with Crippen LogP contribution in [-0.4, -0.2) is 17.7 Å². The van der Waals surface area contributed by atoms with Gasteiger partial charge in [0.1, 0.15) is 0 Å². The van der Waals surface area contributed by atoms with Gasteiger partial charge in [0.15, 0.2) is 5.78 Å². The molecule has 0 saturated heterocycles. The van der Waals surface area contributed by atoms with E-state index in [4.69, 9.17) is 4.74 Å². The van der Waals surface area contributed by atoms with Crippen LogP contribution in [0.1, 0.15) is 42.2 Å². The lowest BCUT2D eigenvalue weighted by Gasteiger charge is -2.08. The third kappa shape index (κ3) is 6.77. The maximum absolute atomic E-state index is 12.5. The van der Waals surface area contributed by atoms with E-state index in [-0.39, 0.29) is 5.78 Å². The molecular weight excluding hydrogens is 472 g/mol. The van der Waals surface area contributed by atoms with Crippen molar-refractivity contribution < 1.29 is 19.1 Å². The summed E-state index contributed by atoms with van der Waals surface area (Å²) in [5.41, 5.74) is 5.52. The van der Waals surface area contributed by atoms with Gasteiger partial charge in [-0.25, -0.2) is 9.59 Å². The molecule has 0 radical (unpaired) electrons. The summed E-state index contributed by atoms with van der Waals surface area (Å²) in [6, 6.07) is 42.4. The summed E-state index contributed by atoms with van der Waals surface area (Å²) in [5, 5.41) is 0. The number of esters is 2. The summed E-state index contributed by atoms with van der Waals surface area (Å²) in [6.07, 6.45) is 0. The average Bonchev–Trinajstić information content (AvgIpc) is 2.99. The predicted molar refractivity (Wildman–Crippen MR) is 149 cm³/mol. The molecule has 5 rings (SSSR count). The Morgan fingerprint density at radius 2 is 0.895 bits per heavy atom. The second-order valence-electron chi connectivity index (χ2n) is 8.50. The zero-order chi connectivity index (χ0) is 26.7. The summed E-state index contributed by atoms with van der Waals surface area (Å²) in [4.78, 5) is 35.7. The highest BCUT2D eigenvalue weighted by Crippen LogP contribution is 2.23. The molecule has 0 fully saturated rings. The van der Waals surface area contributed by atoms with Crippen molar-refractivity contribution in [3.63, 3.8) is 0 Å². The molecule has 0 bridgehead atoms. The zero-order valence-electron chi connectivity index (χ0n) is 20.9. The van der Waals surface area contributed by atoms with Gasteiger partial charge in [-0.15, -0.1) is 0 Å². The molecule has 186 valence electrons. The lowest BCUT2D eigenvalue weighted by molar-refractivity contribution is 0.0397. The Bertz CT molecular complexity index is 1460. The van der Waals surface area contributed by atoms with Crippen molar-refractivity contribution in [3.8, 4) is 11.1 Å². The van der Waals surface area contributed by atoms with Crippen molar-refractivity contribution in [2.75, 3.05) is 0 Å². The van der Waals surface area contributed by atoms with Crippen molar-refractivity contribution in [1.82, 2.24) is 0 Å². The van der Waals surface area contributed by atoms with Crippen molar-refractivity contribution in [3.05, 3.63) is 167 Å². The smallest absolute Gasteiger partial charge is 0.346 e. The van der Waals surface area contributed by atoms with Crippen molar-refractivity contribution in [1.29, 1.82) is 0 Å². The summed E-state index contributed by atoms with van der Waals surface area (Å²) >= 11 is 0. The minimum absolute atomic E-state index is 0.0766. The van der Waals surface area contributed by atoms with Crippen LogP contribution in [0.3, 0.4) is 0 Å². The van der Waals surface area contributed by atoms with Gasteiger partial charge in [-0.1, -0.05) is 115 Å². The minimum atomic E-state index is -0.639. The monoisotopic (exact) mass is 498 g/mol. The number of benzene rings is 5. The Morgan fingerprint density at radius 1 is 0.474 bits per heavy atom. The van der Waals surface area contributed by atoms with Gasteiger partial charge in [-0.3, -0.25) is 4.79 Å². The molecule has 5 aromatic carbocycles. The van der Waals surface area contributed by atoms with E-state index in [1.807, 2.05) is 67.6 Å². The van der Waals surface area contributed by atoms with Crippen molar-refractivity contribution in [2.24, 2.45) is 0 Å². The third-order valence-electron chi connectivity index (χ3n) is 5.82. The molecule has 4 nitrogen and oxygen atoms in total. The molecule has 38 heavy (non-hydrogen) atoms. The van der Waals surface area contributed by atoms with E-state index in [2.05, 4.69) is 18.2 Å². The lowest BCUT2D eigenvalue weighted by Crippen LogP contribution is -2.12. The number of hydrogen-bond acceptors (Lipinski definition) is 4. The molecule has 4 heteroatoms. The first-order valence-electron chi connectivity index (χ1n) is 12.2. The van der Waals surface area contributed by atoms with Crippen LogP contribution in [0.4, 0.5) is 0 Å². The van der Waals surface area contributed by atoms with Gasteiger partial charge in [-0.05, 0) is 47.9 Å². The second kappa shape index (κ2) is 12.7. The first-order valence-corrected chi connectivity index (χ1v) is 12.2. The van der Waals surface area contributed by atoms with Crippen LogP contribution in [0.15, 0.2) is 140 Å². The van der Waals surface area contributed by atoms with Crippen LogP contribution in [0, 0.1) is 6.92 Å². The Kier molecular flexibility index (Phi) is 8.72. The van der Waals surface area contributed by atoms with Crippen LogP contribution >= 0.6 is 0 Å². The second-order valence-corrected chi connectivity index (χ2v) is 8.50. The quantitative estimate of drug-likeness (QED) is 0.142. The van der Waals surface area contributed by atoms with E-state index in [1.54, 1.807) is 60.7 Å².